The molecule has 1 aromatic rings. The molecule has 0 heterocycles. The molecule has 0 aliphatic carbocycles. The van der Waals surface area contributed by atoms with Gasteiger partial charge in [-0.25, -0.2) is 4.79 Å². The van der Waals surface area contributed by atoms with Gasteiger partial charge in [0.15, 0.2) is 5.78 Å². The summed E-state index contributed by atoms with van der Waals surface area (Å²) in [7, 11) is 0. The summed E-state index contributed by atoms with van der Waals surface area (Å²) in [5.74, 6) is 0.816. The Labute approximate surface area is 138 Å². The molecule has 0 unspecified atom stereocenters. The van der Waals surface area contributed by atoms with Crippen LogP contribution in [0.15, 0.2) is 24.3 Å². The highest BCUT2D eigenvalue weighted by Gasteiger charge is 2.15. The zero-order valence-electron chi connectivity index (χ0n) is 14.5. The van der Waals surface area contributed by atoms with Crippen molar-refractivity contribution in [3.63, 3.8) is 0 Å². The lowest BCUT2D eigenvalue weighted by Crippen LogP contribution is -2.33. The van der Waals surface area contributed by atoms with Gasteiger partial charge in [0.05, 0.1) is 6.61 Å². The summed E-state index contributed by atoms with van der Waals surface area (Å²) in [5, 5.41) is 2.73. The van der Waals surface area contributed by atoms with E-state index in [1.165, 1.54) is 0 Å². The van der Waals surface area contributed by atoms with Gasteiger partial charge < -0.3 is 14.8 Å². The third-order valence-electron chi connectivity index (χ3n) is 3.02. The fraction of sp³-hybridized carbons (Fsp3) is 0.556. The fourth-order valence-corrected chi connectivity index (χ4v) is 1.88. The Morgan fingerprint density at radius 1 is 1.04 bits per heavy atom. The van der Waals surface area contributed by atoms with E-state index in [-0.39, 0.29) is 11.9 Å². The van der Waals surface area contributed by atoms with E-state index in [4.69, 9.17) is 9.47 Å². The van der Waals surface area contributed by atoms with Crippen LogP contribution in [0.5, 0.6) is 5.75 Å². The Morgan fingerprint density at radius 3 is 2.26 bits per heavy atom. The van der Waals surface area contributed by atoms with E-state index in [0.717, 1.165) is 25.0 Å². The molecule has 23 heavy (non-hydrogen) atoms. The molecule has 0 bridgehead atoms. The minimum absolute atomic E-state index is 0.0500. The first kappa shape index (κ1) is 19.0. The number of amides is 1. The maximum absolute atomic E-state index is 11.4. The summed E-state index contributed by atoms with van der Waals surface area (Å²) < 4.78 is 10.8. The van der Waals surface area contributed by atoms with Gasteiger partial charge in [0.2, 0.25) is 0 Å². The topological polar surface area (TPSA) is 64.6 Å². The van der Waals surface area contributed by atoms with Gasteiger partial charge in [-0.15, -0.1) is 0 Å². The van der Waals surface area contributed by atoms with E-state index in [0.29, 0.717) is 18.7 Å². The highest BCUT2D eigenvalue weighted by atomic mass is 16.6. The number of carbonyl (C=O) groups is 2. The van der Waals surface area contributed by atoms with Crippen LogP contribution < -0.4 is 10.1 Å². The van der Waals surface area contributed by atoms with Crippen LogP contribution >= 0.6 is 0 Å². The van der Waals surface area contributed by atoms with Gasteiger partial charge in [-0.1, -0.05) is 0 Å². The zero-order valence-corrected chi connectivity index (χ0v) is 14.5. The maximum atomic E-state index is 11.4. The molecule has 0 atom stereocenters. The normalized spacial score (nSPS) is 11.0. The average molecular weight is 321 g/mol. The van der Waals surface area contributed by atoms with E-state index in [1.807, 2.05) is 20.8 Å². The zero-order chi connectivity index (χ0) is 17.3. The van der Waals surface area contributed by atoms with Crippen molar-refractivity contribution in [2.75, 3.05) is 13.2 Å². The van der Waals surface area contributed by atoms with Crippen LogP contribution in [0.3, 0.4) is 0 Å². The molecule has 1 aromatic carbocycles. The molecule has 0 fully saturated rings. The molecule has 0 radical (unpaired) electrons. The van der Waals surface area contributed by atoms with E-state index < -0.39 is 5.60 Å². The summed E-state index contributed by atoms with van der Waals surface area (Å²) in [6, 6.07) is 7.15. The molecule has 0 saturated heterocycles. The Balaban J connectivity index is 2.07. The quantitative estimate of drug-likeness (QED) is 0.581. The second-order valence-electron chi connectivity index (χ2n) is 6.42. The molecule has 0 aromatic heterocycles. The van der Waals surface area contributed by atoms with Crippen LogP contribution in [0, 0.1) is 0 Å². The number of ketones is 1. The van der Waals surface area contributed by atoms with Gasteiger partial charge in [-0.3, -0.25) is 4.79 Å². The minimum Gasteiger partial charge on any atom is -0.494 e. The number of benzene rings is 1. The Hall–Kier alpha value is -2.04. The largest absolute Gasteiger partial charge is 0.494 e. The third kappa shape index (κ3) is 8.86. The Morgan fingerprint density at radius 2 is 1.70 bits per heavy atom. The van der Waals surface area contributed by atoms with Crippen molar-refractivity contribution in [1.29, 1.82) is 0 Å². The van der Waals surface area contributed by atoms with Gasteiger partial charge in [-0.2, -0.15) is 0 Å². The standard InChI is InChI=1S/C18H27NO4/c1-14(20)15-8-10-16(11-9-15)22-13-7-5-6-12-19-17(21)23-18(2,3)4/h8-11H,5-7,12-13H2,1-4H3,(H,19,21). The minimum atomic E-state index is -0.462. The predicted molar refractivity (Wildman–Crippen MR) is 90.0 cm³/mol. The number of hydrogen-bond donors (Lipinski definition) is 1. The number of carbonyl (C=O) groups excluding carboxylic acids is 2. The van der Waals surface area contributed by atoms with Gasteiger partial charge in [0.25, 0.3) is 0 Å². The van der Waals surface area contributed by atoms with Gasteiger partial charge >= 0.3 is 6.09 Å². The second-order valence-corrected chi connectivity index (χ2v) is 6.42. The van der Waals surface area contributed by atoms with E-state index in [2.05, 4.69) is 5.32 Å². The number of nitrogens with one attached hydrogen (secondary N) is 1. The van der Waals surface area contributed by atoms with Crippen molar-refractivity contribution >= 4 is 11.9 Å². The highest BCUT2D eigenvalue weighted by molar-refractivity contribution is 5.94. The fourth-order valence-electron chi connectivity index (χ4n) is 1.88. The molecular formula is C18H27NO4. The van der Waals surface area contributed by atoms with Crippen molar-refractivity contribution in [3.8, 4) is 5.75 Å². The number of hydrogen-bond acceptors (Lipinski definition) is 4. The van der Waals surface area contributed by atoms with Crippen LogP contribution in [0.25, 0.3) is 0 Å². The lowest BCUT2D eigenvalue weighted by molar-refractivity contribution is 0.0526. The van der Waals surface area contributed by atoms with Crippen molar-refractivity contribution in [2.45, 2.75) is 52.6 Å². The molecular weight excluding hydrogens is 294 g/mol. The first-order valence-corrected chi connectivity index (χ1v) is 7.98. The van der Waals surface area contributed by atoms with Crippen LogP contribution in [-0.2, 0) is 4.74 Å². The summed E-state index contributed by atoms with van der Waals surface area (Å²) in [6.07, 6.45) is 2.37. The lowest BCUT2D eigenvalue weighted by Gasteiger charge is -2.19. The molecule has 1 rings (SSSR count). The molecule has 0 aliphatic rings. The maximum Gasteiger partial charge on any atom is 0.407 e. The molecule has 128 valence electrons. The van der Waals surface area contributed by atoms with Crippen LogP contribution in [0.2, 0.25) is 0 Å². The second kappa shape index (κ2) is 9.18. The smallest absolute Gasteiger partial charge is 0.407 e. The summed E-state index contributed by atoms with van der Waals surface area (Å²) >= 11 is 0. The molecule has 1 N–H and O–H groups in total. The summed E-state index contributed by atoms with van der Waals surface area (Å²) in [5.41, 5.74) is 0.223. The van der Waals surface area contributed by atoms with E-state index in [1.54, 1.807) is 31.2 Å². The summed E-state index contributed by atoms with van der Waals surface area (Å²) in [4.78, 5) is 22.6. The SMILES string of the molecule is CC(=O)c1ccc(OCCCCCNC(=O)OC(C)(C)C)cc1. The predicted octanol–water partition coefficient (Wildman–Crippen LogP) is 3.96. The van der Waals surface area contributed by atoms with Crippen LogP contribution in [-0.4, -0.2) is 30.6 Å². The van der Waals surface area contributed by atoms with E-state index >= 15 is 0 Å². The molecule has 5 nitrogen and oxygen atoms in total. The lowest BCUT2D eigenvalue weighted by atomic mass is 10.1. The van der Waals surface area contributed by atoms with Crippen molar-refractivity contribution in [1.82, 2.24) is 5.32 Å². The highest BCUT2D eigenvalue weighted by Crippen LogP contribution is 2.13. The van der Waals surface area contributed by atoms with Gasteiger partial charge in [0.1, 0.15) is 11.4 Å². The summed E-state index contributed by atoms with van der Waals surface area (Å²) in [6.45, 7) is 8.28. The Bertz CT molecular complexity index is 503. The van der Waals surface area contributed by atoms with Crippen molar-refractivity contribution in [2.24, 2.45) is 0 Å². The molecule has 0 aliphatic heterocycles. The number of alkyl carbamates (subject to hydrolysis) is 1. The number of Topliss-reactive ketones (excluding diaryl/α,β-unsaturated/α-hetero) is 1. The van der Waals surface area contributed by atoms with E-state index in [9.17, 15) is 9.59 Å². The van der Waals surface area contributed by atoms with Gasteiger partial charge in [-0.05, 0) is 71.2 Å². The van der Waals surface area contributed by atoms with Gasteiger partial charge in [0, 0.05) is 12.1 Å². The van der Waals surface area contributed by atoms with Crippen molar-refractivity contribution < 1.29 is 19.1 Å². The van der Waals surface area contributed by atoms with Crippen molar-refractivity contribution in [3.05, 3.63) is 29.8 Å². The number of rotatable bonds is 8. The number of ether oxygens (including phenoxy) is 2. The number of unbranched alkanes of at least 4 members (excludes halogenated alkanes) is 2. The monoisotopic (exact) mass is 321 g/mol. The van der Waals surface area contributed by atoms with Crippen LogP contribution in [0.1, 0.15) is 57.3 Å². The third-order valence-corrected chi connectivity index (χ3v) is 3.02. The first-order valence-electron chi connectivity index (χ1n) is 7.98. The van der Waals surface area contributed by atoms with Crippen LogP contribution in [0.4, 0.5) is 4.79 Å². The Kier molecular flexibility index (Phi) is 7.59. The first-order chi connectivity index (χ1) is 10.8. The molecule has 1 amide bonds. The molecule has 0 spiro atoms. The molecule has 0 saturated carbocycles. The average Bonchev–Trinajstić information content (AvgIpc) is 2.45. The molecule has 5 heteroatoms.